The number of carbonyl (C=O) groups is 1. The first-order valence-corrected chi connectivity index (χ1v) is 5.21. The molecule has 2 heterocycles. The summed E-state index contributed by atoms with van der Waals surface area (Å²) >= 11 is 0. The molecule has 0 saturated heterocycles. The minimum absolute atomic E-state index is 0.0988. The molecule has 0 aliphatic rings. The minimum atomic E-state index is -5.07. The van der Waals surface area contributed by atoms with Crippen molar-refractivity contribution in [2.75, 3.05) is 0 Å². The number of nitro groups is 1. The van der Waals surface area contributed by atoms with Crippen LogP contribution in [-0.4, -0.2) is 30.8 Å². The average molecular weight is 302 g/mol. The van der Waals surface area contributed by atoms with Crippen LogP contribution in [0.5, 0.6) is 0 Å². The van der Waals surface area contributed by atoms with Crippen molar-refractivity contribution in [3.05, 3.63) is 45.9 Å². The SMILES string of the molecule is O=C(O)c1cnn(-c2ncccc2[N+](=O)[O-])c1C(F)(F)F. The maximum absolute atomic E-state index is 13.0. The van der Waals surface area contributed by atoms with Crippen molar-refractivity contribution in [3.8, 4) is 5.82 Å². The minimum Gasteiger partial charge on any atom is -0.478 e. The molecule has 1 N–H and O–H groups in total. The van der Waals surface area contributed by atoms with Crippen molar-refractivity contribution < 1.29 is 28.0 Å². The summed E-state index contributed by atoms with van der Waals surface area (Å²) in [5, 5.41) is 22.8. The van der Waals surface area contributed by atoms with Gasteiger partial charge in [-0.2, -0.15) is 18.3 Å². The van der Waals surface area contributed by atoms with Crippen LogP contribution < -0.4 is 0 Å². The van der Waals surface area contributed by atoms with Gasteiger partial charge in [-0.3, -0.25) is 10.1 Å². The predicted molar refractivity (Wildman–Crippen MR) is 60.0 cm³/mol. The molecule has 21 heavy (non-hydrogen) atoms. The number of aromatic nitrogens is 3. The van der Waals surface area contributed by atoms with E-state index in [1.807, 2.05) is 0 Å². The second-order valence-electron chi connectivity index (χ2n) is 3.72. The Kier molecular flexibility index (Phi) is 3.33. The first-order chi connectivity index (χ1) is 9.73. The smallest absolute Gasteiger partial charge is 0.434 e. The van der Waals surface area contributed by atoms with Gasteiger partial charge in [0.25, 0.3) is 0 Å². The zero-order chi connectivity index (χ0) is 15.8. The number of hydrogen-bond acceptors (Lipinski definition) is 5. The van der Waals surface area contributed by atoms with E-state index in [0.29, 0.717) is 6.20 Å². The number of carboxylic acids is 1. The van der Waals surface area contributed by atoms with E-state index in [1.165, 1.54) is 0 Å². The van der Waals surface area contributed by atoms with E-state index in [-0.39, 0.29) is 4.68 Å². The molecule has 110 valence electrons. The van der Waals surface area contributed by atoms with Crippen LogP contribution >= 0.6 is 0 Å². The fourth-order valence-electron chi connectivity index (χ4n) is 1.63. The lowest BCUT2D eigenvalue weighted by Gasteiger charge is -2.10. The van der Waals surface area contributed by atoms with E-state index in [4.69, 9.17) is 5.11 Å². The van der Waals surface area contributed by atoms with Gasteiger partial charge in [0.05, 0.1) is 11.1 Å². The zero-order valence-electron chi connectivity index (χ0n) is 9.90. The van der Waals surface area contributed by atoms with Crippen LogP contribution in [0.25, 0.3) is 5.82 Å². The number of alkyl halides is 3. The zero-order valence-corrected chi connectivity index (χ0v) is 9.90. The molecule has 0 aliphatic heterocycles. The molecule has 0 aromatic carbocycles. The molecule has 2 aromatic rings. The van der Waals surface area contributed by atoms with E-state index < -0.39 is 39.8 Å². The third kappa shape index (κ3) is 2.52. The average Bonchev–Trinajstić information content (AvgIpc) is 2.83. The van der Waals surface area contributed by atoms with Crippen LogP contribution in [0.1, 0.15) is 16.1 Å². The molecule has 0 radical (unpaired) electrons. The second-order valence-corrected chi connectivity index (χ2v) is 3.72. The van der Waals surface area contributed by atoms with Gasteiger partial charge in [-0.15, -0.1) is 0 Å². The molecule has 2 rings (SSSR count). The number of rotatable bonds is 3. The lowest BCUT2D eigenvalue weighted by atomic mass is 10.2. The topological polar surface area (TPSA) is 111 Å². The Hall–Kier alpha value is -2.98. The number of halogens is 3. The third-order valence-corrected chi connectivity index (χ3v) is 2.43. The summed E-state index contributed by atoms with van der Waals surface area (Å²) in [5.41, 5.74) is -3.50. The highest BCUT2D eigenvalue weighted by atomic mass is 19.4. The lowest BCUT2D eigenvalue weighted by molar-refractivity contribution is -0.385. The van der Waals surface area contributed by atoms with E-state index in [9.17, 15) is 28.1 Å². The Labute approximate surface area is 113 Å². The Balaban J connectivity index is 2.77. The predicted octanol–water partition coefficient (Wildman–Crippen LogP) is 1.89. The van der Waals surface area contributed by atoms with Crippen LogP contribution in [-0.2, 0) is 6.18 Å². The van der Waals surface area contributed by atoms with E-state index in [0.717, 1.165) is 18.3 Å². The summed E-state index contributed by atoms with van der Waals surface area (Å²) in [4.78, 5) is 24.2. The Morgan fingerprint density at radius 3 is 2.62 bits per heavy atom. The van der Waals surface area contributed by atoms with Gasteiger partial charge in [0.1, 0.15) is 5.56 Å². The van der Waals surface area contributed by atoms with E-state index in [1.54, 1.807) is 0 Å². The molecule has 0 bridgehead atoms. The van der Waals surface area contributed by atoms with Crippen molar-refractivity contribution >= 4 is 11.7 Å². The van der Waals surface area contributed by atoms with Crippen molar-refractivity contribution in [1.29, 1.82) is 0 Å². The van der Waals surface area contributed by atoms with Crippen LogP contribution in [0.3, 0.4) is 0 Å². The Bertz CT molecular complexity index is 725. The van der Waals surface area contributed by atoms with Gasteiger partial charge in [-0.25, -0.2) is 14.5 Å². The van der Waals surface area contributed by atoms with Crippen molar-refractivity contribution in [2.45, 2.75) is 6.18 Å². The van der Waals surface area contributed by atoms with Crippen LogP contribution in [0, 0.1) is 10.1 Å². The van der Waals surface area contributed by atoms with E-state index in [2.05, 4.69) is 10.1 Å². The van der Waals surface area contributed by atoms with Gasteiger partial charge in [0.2, 0.25) is 5.82 Å². The van der Waals surface area contributed by atoms with Crippen LogP contribution in [0.4, 0.5) is 18.9 Å². The quantitative estimate of drug-likeness (QED) is 0.684. The molecule has 0 fully saturated rings. The summed E-state index contributed by atoms with van der Waals surface area (Å²) in [5.74, 6) is -2.57. The highest BCUT2D eigenvalue weighted by Gasteiger charge is 2.42. The first-order valence-electron chi connectivity index (χ1n) is 5.21. The van der Waals surface area contributed by atoms with Gasteiger partial charge >= 0.3 is 17.8 Å². The lowest BCUT2D eigenvalue weighted by Crippen LogP contribution is -2.18. The molecular weight excluding hydrogens is 297 g/mol. The molecule has 11 heteroatoms. The van der Waals surface area contributed by atoms with Gasteiger partial charge in [0, 0.05) is 12.3 Å². The highest BCUT2D eigenvalue weighted by Crippen LogP contribution is 2.34. The van der Waals surface area contributed by atoms with E-state index >= 15 is 0 Å². The fourth-order valence-corrected chi connectivity index (χ4v) is 1.63. The molecule has 2 aromatic heterocycles. The van der Waals surface area contributed by atoms with Crippen molar-refractivity contribution in [2.24, 2.45) is 0 Å². The highest BCUT2D eigenvalue weighted by molar-refractivity contribution is 5.89. The monoisotopic (exact) mass is 302 g/mol. The second kappa shape index (κ2) is 4.85. The number of pyridine rings is 1. The van der Waals surface area contributed by atoms with Crippen molar-refractivity contribution in [3.63, 3.8) is 0 Å². The summed E-state index contributed by atoms with van der Waals surface area (Å²) in [6, 6.07) is 2.10. The van der Waals surface area contributed by atoms with Crippen LogP contribution in [0.2, 0.25) is 0 Å². The van der Waals surface area contributed by atoms with Gasteiger partial charge in [-0.05, 0) is 6.07 Å². The van der Waals surface area contributed by atoms with Crippen LogP contribution in [0.15, 0.2) is 24.5 Å². The summed E-state index contributed by atoms with van der Waals surface area (Å²) in [6.45, 7) is 0. The molecule has 0 spiro atoms. The van der Waals surface area contributed by atoms with Gasteiger partial charge in [-0.1, -0.05) is 0 Å². The Morgan fingerprint density at radius 1 is 1.43 bits per heavy atom. The normalized spacial score (nSPS) is 11.4. The maximum Gasteiger partial charge on any atom is 0.434 e. The Morgan fingerprint density at radius 2 is 2.10 bits per heavy atom. The maximum atomic E-state index is 13.0. The molecule has 0 aliphatic carbocycles. The number of nitrogens with zero attached hydrogens (tertiary/aromatic N) is 4. The molecular formula is C10H5F3N4O4. The fraction of sp³-hybridized carbons (Fsp3) is 0.100. The number of hydrogen-bond donors (Lipinski definition) is 1. The summed E-state index contributed by atoms with van der Waals surface area (Å²) in [6.07, 6.45) is -3.58. The molecule has 0 amide bonds. The number of aromatic carboxylic acids is 1. The molecule has 8 nitrogen and oxygen atoms in total. The number of carboxylic acid groups (broad SMARTS) is 1. The molecule has 0 atom stereocenters. The summed E-state index contributed by atoms with van der Waals surface area (Å²) < 4.78 is 39.1. The van der Waals surface area contributed by atoms with Gasteiger partial charge in [0.15, 0.2) is 5.69 Å². The standard InChI is InChI=1S/C10H5F3N4O4/c11-10(12,13)7-5(9(18)19)4-15-16(7)8-6(17(20)21)2-1-3-14-8/h1-4H,(H,18,19). The van der Waals surface area contributed by atoms with Crippen molar-refractivity contribution in [1.82, 2.24) is 14.8 Å². The first kappa shape index (κ1) is 14.4. The third-order valence-electron chi connectivity index (χ3n) is 2.43. The van der Waals surface area contributed by atoms with Gasteiger partial charge < -0.3 is 5.11 Å². The largest absolute Gasteiger partial charge is 0.478 e. The summed E-state index contributed by atoms with van der Waals surface area (Å²) in [7, 11) is 0. The molecule has 0 unspecified atom stereocenters. The molecule has 0 saturated carbocycles.